The van der Waals surface area contributed by atoms with Crippen LogP contribution in [0.5, 0.6) is 0 Å². The average Bonchev–Trinajstić information content (AvgIpc) is 3.27. The van der Waals surface area contributed by atoms with Crippen molar-refractivity contribution in [2.45, 2.75) is 36.9 Å². The molecule has 34 heavy (non-hydrogen) atoms. The van der Waals surface area contributed by atoms with Gasteiger partial charge in [0.2, 0.25) is 0 Å². The molecule has 6 rings (SSSR count). The summed E-state index contributed by atoms with van der Waals surface area (Å²) < 4.78 is 17.9. The molecule has 2 aliphatic carbocycles. The van der Waals surface area contributed by atoms with Crippen LogP contribution < -0.4 is 5.32 Å². The highest BCUT2D eigenvalue weighted by Crippen LogP contribution is 2.40. The second-order valence-corrected chi connectivity index (χ2v) is 8.65. The zero-order chi connectivity index (χ0) is 22.9. The first-order valence-corrected chi connectivity index (χ1v) is 11.5. The molecule has 3 aromatic heterocycles. The number of hydrogen-bond donors (Lipinski definition) is 2. The number of hydrogen-bond acceptors (Lipinski definition) is 5. The van der Waals surface area contributed by atoms with E-state index < -0.39 is 0 Å². The van der Waals surface area contributed by atoms with E-state index in [4.69, 9.17) is 25.3 Å². The summed E-state index contributed by atoms with van der Waals surface area (Å²) in [6.07, 6.45) is 28.5. The SMILES string of the molecule is C#CCNC1OC1c1cc(-c2c[nH]c3ncc(C4C=CC=CC4OC4C=CC=CC4)cc23)co1. The third kappa shape index (κ3) is 4.06. The Hall–Kier alpha value is -3.63. The lowest BCUT2D eigenvalue weighted by atomic mass is 9.90. The van der Waals surface area contributed by atoms with Crippen LogP contribution in [0, 0.1) is 12.3 Å². The highest BCUT2D eigenvalue weighted by Gasteiger charge is 2.42. The van der Waals surface area contributed by atoms with Crippen LogP contribution in [0.4, 0.5) is 0 Å². The van der Waals surface area contributed by atoms with Gasteiger partial charge in [-0.3, -0.25) is 5.32 Å². The van der Waals surface area contributed by atoms with E-state index in [1.165, 1.54) is 0 Å². The molecule has 3 aromatic rings. The lowest BCUT2D eigenvalue weighted by Crippen LogP contribution is -2.26. The number of nitrogens with one attached hydrogen (secondary N) is 2. The van der Waals surface area contributed by atoms with Crippen LogP contribution in [0.25, 0.3) is 22.2 Å². The van der Waals surface area contributed by atoms with Crippen molar-refractivity contribution in [3.63, 3.8) is 0 Å². The van der Waals surface area contributed by atoms with Crippen molar-refractivity contribution in [3.8, 4) is 23.5 Å². The van der Waals surface area contributed by atoms with Gasteiger partial charge in [0.1, 0.15) is 17.6 Å². The Morgan fingerprint density at radius 1 is 1.18 bits per heavy atom. The van der Waals surface area contributed by atoms with E-state index in [1.807, 2.05) is 24.5 Å². The van der Waals surface area contributed by atoms with Gasteiger partial charge in [0.25, 0.3) is 0 Å². The largest absolute Gasteiger partial charge is 0.466 e. The van der Waals surface area contributed by atoms with E-state index in [0.29, 0.717) is 6.54 Å². The van der Waals surface area contributed by atoms with Crippen LogP contribution in [0.15, 0.2) is 83.8 Å². The molecule has 0 spiro atoms. The van der Waals surface area contributed by atoms with E-state index in [0.717, 1.165) is 39.9 Å². The Labute approximate surface area is 198 Å². The summed E-state index contributed by atoms with van der Waals surface area (Å²) in [5, 5.41) is 4.19. The summed E-state index contributed by atoms with van der Waals surface area (Å²) in [5.74, 6) is 3.43. The molecule has 1 aliphatic heterocycles. The fraction of sp³-hybridized carbons (Fsp3) is 0.250. The second kappa shape index (κ2) is 8.96. The topological polar surface area (TPSA) is 75.6 Å². The van der Waals surface area contributed by atoms with Crippen LogP contribution in [0.3, 0.4) is 0 Å². The van der Waals surface area contributed by atoms with Crippen molar-refractivity contribution in [3.05, 3.63) is 90.7 Å². The molecule has 4 heterocycles. The van der Waals surface area contributed by atoms with Gasteiger partial charge >= 0.3 is 0 Å². The molecule has 0 bridgehead atoms. The normalized spacial score (nSPS) is 27.3. The Morgan fingerprint density at radius 3 is 2.97 bits per heavy atom. The van der Waals surface area contributed by atoms with Crippen molar-refractivity contribution in [1.82, 2.24) is 15.3 Å². The number of terminal acetylenes is 1. The molecular formula is C28H25N3O3. The summed E-state index contributed by atoms with van der Waals surface area (Å²) in [4.78, 5) is 7.99. The molecule has 170 valence electrons. The number of fused-ring (bicyclic) bond motifs is 1. The number of allylic oxidation sites excluding steroid dienone is 4. The van der Waals surface area contributed by atoms with Gasteiger partial charge < -0.3 is 18.9 Å². The standard InChI is InChI=1S/C28H25N3O3/c1-2-12-29-28-26(34-28)25-14-19(17-32-25)23-16-31-27-22(23)13-18(15-30-27)21-10-6-7-11-24(21)33-20-8-4-3-5-9-20/h1,3-8,10-11,13-17,20-21,24,26,28-29H,9,12H2,(H,30,31). The van der Waals surface area contributed by atoms with E-state index in [-0.39, 0.29) is 30.5 Å². The second-order valence-electron chi connectivity index (χ2n) is 8.65. The summed E-state index contributed by atoms with van der Waals surface area (Å²) >= 11 is 0. The molecule has 5 atom stereocenters. The molecule has 0 radical (unpaired) electrons. The van der Waals surface area contributed by atoms with Crippen LogP contribution in [-0.4, -0.2) is 34.9 Å². The van der Waals surface area contributed by atoms with Gasteiger partial charge in [-0.1, -0.05) is 54.5 Å². The molecule has 6 nitrogen and oxygen atoms in total. The number of nitrogens with zero attached hydrogens (tertiary/aromatic N) is 1. The molecule has 1 saturated heterocycles. The zero-order valence-corrected chi connectivity index (χ0v) is 18.6. The molecule has 0 saturated carbocycles. The fourth-order valence-electron chi connectivity index (χ4n) is 4.61. The molecular weight excluding hydrogens is 426 g/mol. The van der Waals surface area contributed by atoms with Gasteiger partial charge in [-0.2, -0.15) is 0 Å². The van der Waals surface area contributed by atoms with E-state index in [1.54, 1.807) is 6.26 Å². The van der Waals surface area contributed by atoms with Crippen LogP contribution >= 0.6 is 0 Å². The number of epoxide rings is 1. The number of pyridine rings is 1. The molecule has 3 aliphatic rings. The highest BCUT2D eigenvalue weighted by atomic mass is 16.6. The third-order valence-corrected chi connectivity index (χ3v) is 6.40. The maximum absolute atomic E-state index is 6.42. The maximum atomic E-state index is 6.42. The molecule has 1 fully saturated rings. The van der Waals surface area contributed by atoms with Crippen LogP contribution in [0.1, 0.15) is 29.8 Å². The predicted molar refractivity (Wildman–Crippen MR) is 131 cm³/mol. The van der Waals surface area contributed by atoms with Crippen molar-refractivity contribution in [2.75, 3.05) is 6.54 Å². The Morgan fingerprint density at radius 2 is 2.09 bits per heavy atom. The molecule has 5 unspecified atom stereocenters. The van der Waals surface area contributed by atoms with Crippen molar-refractivity contribution in [2.24, 2.45) is 0 Å². The first kappa shape index (κ1) is 20.9. The Bertz CT molecular complexity index is 1350. The Kier molecular flexibility index (Phi) is 5.52. The number of aromatic amines is 1. The van der Waals surface area contributed by atoms with E-state index in [9.17, 15) is 0 Å². The summed E-state index contributed by atoms with van der Waals surface area (Å²) in [7, 11) is 0. The zero-order valence-electron chi connectivity index (χ0n) is 18.6. The van der Waals surface area contributed by atoms with Crippen LogP contribution in [-0.2, 0) is 9.47 Å². The van der Waals surface area contributed by atoms with Gasteiger partial charge in [-0.25, -0.2) is 4.98 Å². The average molecular weight is 452 g/mol. The van der Waals surface area contributed by atoms with Gasteiger partial charge in [-0.05, 0) is 24.1 Å². The van der Waals surface area contributed by atoms with Gasteiger partial charge in [0.15, 0.2) is 6.10 Å². The molecule has 2 N–H and O–H groups in total. The highest BCUT2D eigenvalue weighted by molar-refractivity contribution is 5.93. The van der Waals surface area contributed by atoms with Crippen LogP contribution in [0.2, 0.25) is 0 Å². The summed E-state index contributed by atoms with van der Waals surface area (Å²) in [6, 6.07) is 4.22. The van der Waals surface area contributed by atoms with Crippen molar-refractivity contribution < 1.29 is 13.9 Å². The van der Waals surface area contributed by atoms with E-state index >= 15 is 0 Å². The number of H-pyrrole nitrogens is 1. The van der Waals surface area contributed by atoms with Gasteiger partial charge in [-0.15, -0.1) is 6.42 Å². The molecule has 6 heteroatoms. The van der Waals surface area contributed by atoms with E-state index in [2.05, 4.69) is 64.8 Å². The lowest BCUT2D eigenvalue weighted by molar-refractivity contribution is 0.0341. The monoisotopic (exact) mass is 451 g/mol. The van der Waals surface area contributed by atoms with Gasteiger partial charge in [0.05, 0.1) is 25.0 Å². The molecule has 0 aromatic carbocycles. The minimum Gasteiger partial charge on any atom is -0.466 e. The fourth-order valence-corrected chi connectivity index (χ4v) is 4.61. The van der Waals surface area contributed by atoms with Gasteiger partial charge in [0, 0.05) is 34.8 Å². The third-order valence-electron chi connectivity index (χ3n) is 6.40. The van der Waals surface area contributed by atoms with Crippen molar-refractivity contribution in [1.29, 1.82) is 0 Å². The predicted octanol–water partition coefficient (Wildman–Crippen LogP) is 4.92. The van der Waals surface area contributed by atoms with Crippen molar-refractivity contribution >= 4 is 11.0 Å². The number of ether oxygens (including phenoxy) is 2. The lowest BCUT2D eigenvalue weighted by Gasteiger charge is -2.28. The minimum absolute atomic E-state index is 0.0484. The number of aromatic nitrogens is 2. The number of rotatable bonds is 7. The quantitative estimate of drug-likeness (QED) is 0.394. The molecule has 0 amide bonds. The first-order chi connectivity index (χ1) is 16.8. The summed E-state index contributed by atoms with van der Waals surface area (Å²) in [5.41, 5.74) is 3.98. The summed E-state index contributed by atoms with van der Waals surface area (Å²) in [6.45, 7) is 0.467. The Balaban J connectivity index is 1.25. The first-order valence-electron chi connectivity index (χ1n) is 11.5. The minimum atomic E-state index is -0.109. The maximum Gasteiger partial charge on any atom is 0.157 e. The number of furan rings is 1. The smallest absolute Gasteiger partial charge is 0.157 e.